The van der Waals surface area contributed by atoms with Crippen molar-refractivity contribution in [3.63, 3.8) is 0 Å². The van der Waals surface area contributed by atoms with Gasteiger partial charge in [-0.15, -0.1) is 0 Å². The second-order valence-corrected chi connectivity index (χ2v) is 8.86. The van der Waals surface area contributed by atoms with Crippen LogP contribution in [-0.2, 0) is 14.2 Å². The maximum Gasteiger partial charge on any atom is 0.409 e. The van der Waals surface area contributed by atoms with Crippen LogP contribution >= 0.6 is 0 Å². The maximum absolute atomic E-state index is 14.3. The van der Waals surface area contributed by atoms with Gasteiger partial charge in [-0.25, -0.2) is 9.78 Å². The lowest BCUT2D eigenvalue weighted by Gasteiger charge is -2.51. The first-order valence-corrected chi connectivity index (χ1v) is 9.63. The van der Waals surface area contributed by atoms with Gasteiger partial charge >= 0.3 is 6.09 Å². The summed E-state index contributed by atoms with van der Waals surface area (Å²) in [6.07, 6.45) is 0.750. The summed E-state index contributed by atoms with van der Waals surface area (Å²) in [7, 11) is 0. The zero-order valence-corrected chi connectivity index (χ0v) is 16.0. The Bertz CT molecular complexity index is 804. The van der Waals surface area contributed by atoms with Gasteiger partial charge < -0.3 is 23.8 Å². The molecule has 0 radical (unpaired) electrons. The second kappa shape index (κ2) is 6.25. The van der Waals surface area contributed by atoms with Crippen molar-refractivity contribution in [1.29, 1.82) is 0 Å². The van der Waals surface area contributed by atoms with Crippen molar-refractivity contribution in [2.75, 3.05) is 46.1 Å². The minimum atomic E-state index is -0.538. The van der Waals surface area contributed by atoms with Gasteiger partial charge in [0, 0.05) is 35.8 Å². The predicted molar refractivity (Wildman–Crippen MR) is 93.2 cm³/mol. The van der Waals surface area contributed by atoms with E-state index in [-0.39, 0.29) is 46.4 Å². The van der Waals surface area contributed by atoms with Gasteiger partial charge in [0.15, 0.2) is 0 Å². The van der Waals surface area contributed by atoms with E-state index >= 15 is 0 Å². The third kappa shape index (κ3) is 2.59. The lowest BCUT2D eigenvalue weighted by atomic mass is 9.54. The monoisotopic (exact) mass is 393 g/mol. The molecule has 152 valence electrons. The zero-order chi connectivity index (χ0) is 19.5. The van der Waals surface area contributed by atoms with Gasteiger partial charge in [0.2, 0.25) is 5.82 Å². The van der Waals surface area contributed by atoms with Crippen LogP contribution in [0.15, 0.2) is 6.33 Å². The fraction of sp³-hybridized carbons (Fsp3) is 0.737. The van der Waals surface area contributed by atoms with Crippen molar-refractivity contribution in [2.45, 2.75) is 20.0 Å². The Morgan fingerprint density at radius 3 is 2.89 bits per heavy atom. The molecule has 8 nitrogen and oxygen atoms in total. The molecule has 1 aromatic heterocycles. The van der Waals surface area contributed by atoms with Crippen molar-refractivity contribution >= 4 is 6.09 Å². The van der Waals surface area contributed by atoms with Gasteiger partial charge in [-0.1, -0.05) is 6.92 Å². The molecule has 28 heavy (non-hydrogen) atoms. The lowest BCUT2D eigenvalue weighted by molar-refractivity contribution is -0.127. The molecular weight excluding hydrogens is 369 g/mol. The summed E-state index contributed by atoms with van der Waals surface area (Å²) in [5, 5.41) is 0. The SMILES string of the molecule is Cc1ncnc(OC2C3COCC34CN(C(=O)OCC3(C)COC3)CC24)c1F. The molecule has 3 aliphatic heterocycles. The van der Waals surface area contributed by atoms with Gasteiger partial charge in [0.05, 0.1) is 32.1 Å². The number of likely N-dealkylation sites (tertiary alicyclic amines) is 1. The summed E-state index contributed by atoms with van der Waals surface area (Å²) in [6, 6.07) is 0. The number of amides is 1. The lowest BCUT2D eigenvalue weighted by Crippen LogP contribution is -2.61. The highest BCUT2D eigenvalue weighted by molar-refractivity contribution is 5.68. The van der Waals surface area contributed by atoms with Gasteiger partial charge in [-0.05, 0) is 6.92 Å². The summed E-state index contributed by atoms with van der Waals surface area (Å²) in [6.45, 7) is 7.43. The molecule has 0 bridgehead atoms. The second-order valence-electron chi connectivity index (χ2n) is 8.86. The normalized spacial score (nSPS) is 34.8. The first-order valence-electron chi connectivity index (χ1n) is 9.63. The van der Waals surface area contributed by atoms with Crippen LogP contribution < -0.4 is 4.74 Å². The fourth-order valence-electron chi connectivity index (χ4n) is 4.98. The number of rotatable bonds is 4. The molecule has 1 spiro atoms. The summed E-state index contributed by atoms with van der Waals surface area (Å²) < 4.78 is 36.7. The zero-order valence-electron chi connectivity index (χ0n) is 16.0. The van der Waals surface area contributed by atoms with Crippen LogP contribution in [0, 0.1) is 35.4 Å². The Labute approximate surface area is 162 Å². The molecular formula is C19H24FN3O5. The fourth-order valence-corrected chi connectivity index (χ4v) is 4.98. The number of carbonyl (C=O) groups excluding carboxylic acids is 1. The van der Waals surface area contributed by atoms with E-state index in [1.54, 1.807) is 11.8 Å². The number of nitrogens with zero attached hydrogens (tertiary/aromatic N) is 3. The largest absolute Gasteiger partial charge is 0.471 e. The quantitative estimate of drug-likeness (QED) is 0.765. The summed E-state index contributed by atoms with van der Waals surface area (Å²) in [5.74, 6) is -0.381. The summed E-state index contributed by atoms with van der Waals surface area (Å²) in [4.78, 5) is 22.1. The standard InChI is InChI=1S/C19H24FN3O5/c1-11-14(20)16(22-10-21-11)28-15-12-3-23(5-19(12)9-25-4-13(15)19)17(24)27-8-18(2)6-26-7-18/h10,12-13,15H,3-9H2,1-2H3. The summed E-state index contributed by atoms with van der Waals surface area (Å²) >= 11 is 0. The van der Waals surface area contributed by atoms with E-state index in [1.807, 2.05) is 6.92 Å². The number of halogens is 1. The van der Waals surface area contributed by atoms with Crippen molar-refractivity contribution in [2.24, 2.45) is 22.7 Å². The predicted octanol–water partition coefficient (Wildman–Crippen LogP) is 1.42. The van der Waals surface area contributed by atoms with E-state index in [0.717, 1.165) is 0 Å². The van der Waals surface area contributed by atoms with Crippen molar-refractivity contribution < 1.29 is 28.1 Å². The Hall–Kier alpha value is -2.00. The number of ether oxygens (including phenoxy) is 4. The Morgan fingerprint density at radius 2 is 2.14 bits per heavy atom. The van der Waals surface area contributed by atoms with E-state index in [9.17, 15) is 9.18 Å². The highest BCUT2D eigenvalue weighted by Gasteiger charge is 2.70. The Balaban J connectivity index is 1.28. The minimum Gasteiger partial charge on any atom is -0.471 e. The van der Waals surface area contributed by atoms with Crippen LogP contribution in [0.4, 0.5) is 9.18 Å². The molecule has 4 fully saturated rings. The van der Waals surface area contributed by atoms with Crippen LogP contribution in [0.2, 0.25) is 0 Å². The molecule has 4 unspecified atom stereocenters. The van der Waals surface area contributed by atoms with E-state index in [0.29, 0.717) is 46.1 Å². The van der Waals surface area contributed by atoms with Crippen LogP contribution in [0.3, 0.4) is 0 Å². The van der Waals surface area contributed by atoms with Crippen molar-refractivity contribution in [3.8, 4) is 5.88 Å². The molecule has 1 amide bonds. The molecule has 4 atom stereocenters. The van der Waals surface area contributed by atoms with Crippen molar-refractivity contribution in [1.82, 2.24) is 14.9 Å². The average molecular weight is 393 g/mol. The molecule has 9 heteroatoms. The van der Waals surface area contributed by atoms with E-state index in [2.05, 4.69) is 9.97 Å². The Morgan fingerprint density at radius 1 is 1.32 bits per heavy atom. The number of aromatic nitrogens is 2. The minimum absolute atomic E-state index is 0.0306. The van der Waals surface area contributed by atoms with Crippen molar-refractivity contribution in [3.05, 3.63) is 17.8 Å². The molecule has 1 saturated carbocycles. The first kappa shape index (κ1) is 18.1. The van der Waals surface area contributed by atoms with E-state index < -0.39 is 5.82 Å². The summed E-state index contributed by atoms with van der Waals surface area (Å²) in [5.41, 5.74) is 0.0363. The molecule has 0 aromatic carbocycles. The third-order valence-electron chi connectivity index (χ3n) is 6.72. The molecule has 0 N–H and O–H groups in total. The van der Waals surface area contributed by atoms with Gasteiger partial charge in [0.1, 0.15) is 19.0 Å². The molecule has 4 aliphatic rings. The highest BCUT2D eigenvalue weighted by atomic mass is 19.1. The maximum atomic E-state index is 14.3. The smallest absolute Gasteiger partial charge is 0.409 e. The van der Waals surface area contributed by atoms with Gasteiger partial charge in [-0.2, -0.15) is 9.37 Å². The number of aryl methyl sites for hydroxylation is 1. The van der Waals surface area contributed by atoms with Gasteiger partial charge in [-0.3, -0.25) is 0 Å². The van der Waals surface area contributed by atoms with Crippen LogP contribution in [-0.4, -0.2) is 73.2 Å². The van der Waals surface area contributed by atoms with Crippen LogP contribution in [0.1, 0.15) is 12.6 Å². The Kier molecular flexibility index (Phi) is 4.03. The molecule has 3 saturated heterocycles. The third-order valence-corrected chi connectivity index (χ3v) is 6.72. The number of hydrogen-bond acceptors (Lipinski definition) is 7. The molecule has 1 aromatic rings. The number of carbonyl (C=O) groups is 1. The average Bonchev–Trinajstić information content (AvgIpc) is 3.19. The van der Waals surface area contributed by atoms with Crippen LogP contribution in [0.25, 0.3) is 0 Å². The number of hydrogen-bond donors (Lipinski definition) is 0. The van der Waals surface area contributed by atoms with E-state index in [1.165, 1.54) is 6.33 Å². The van der Waals surface area contributed by atoms with Crippen LogP contribution in [0.5, 0.6) is 5.88 Å². The van der Waals surface area contributed by atoms with E-state index in [4.69, 9.17) is 18.9 Å². The first-order chi connectivity index (χ1) is 13.4. The molecule has 5 rings (SSSR count). The van der Waals surface area contributed by atoms with Gasteiger partial charge in [0.25, 0.3) is 5.88 Å². The topological polar surface area (TPSA) is 83.0 Å². The molecule has 4 heterocycles. The highest BCUT2D eigenvalue weighted by Crippen LogP contribution is 2.60. The molecule has 1 aliphatic carbocycles.